The summed E-state index contributed by atoms with van der Waals surface area (Å²) in [5, 5.41) is 2.42. The first kappa shape index (κ1) is 16.6. The van der Waals surface area contributed by atoms with Crippen molar-refractivity contribution in [2.75, 3.05) is 13.2 Å². The number of nitrogens with two attached hydrogens (primary N) is 2. The minimum atomic E-state index is -3.26. The van der Waals surface area contributed by atoms with Crippen LogP contribution in [0.5, 0.6) is 0 Å². The van der Waals surface area contributed by atoms with E-state index in [2.05, 4.69) is 5.09 Å². The lowest BCUT2D eigenvalue weighted by Gasteiger charge is -2.30. The molecule has 0 saturated heterocycles. The zero-order valence-electron chi connectivity index (χ0n) is 10.8. The van der Waals surface area contributed by atoms with Gasteiger partial charge in [0.15, 0.2) is 5.79 Å². The van der Waals surface area contributed by atoms with Gasteiger partial charge < -0.3 is 14.6 Å². The van der Waals surface area contributed by atoms with Crippen LogP contribution in [0.15, 0.2) is 12.3 Å². The van der Waals surface area contributed by atoms with Gasteiger partial charge in [0, 0.05) is 25.8 Å². The molecule has 0 rings (SSSR count). The van der Waals surface area contributed by atoms with Gasteiger partial charge in [0.1, 0.15) is 0 Å². The van der Waals surface area contributed by atoms with Crippen LogP contribution in [0, 0.1) is 0 Å². The molecule has 0 atom stereocenters. The lowest BCUT2D eigenvalue weighted by atomic mass is 10.1. The summed E-state index contributed by atoms with van der Waals surface area (Å²) in [4.78, 5) is 0. The Bertz CT molecular complexity index is 261. The van der Waals surface area contributed by atoms with Crippen LogP contribution < -0.4 is 16.1 Å². The predicted octanol–water partition coefficient (Wildman–Crippen LogP) is 1.68. The molecular formula is C10H24N3O3P. The fraction of sp³-hybridized carbons (Fsp3) is 0.800. The highest BCUT2D eigenvalue weighted by Gasteiger charge is 2.27. The molecule has 102 valence electrons. The SMILES string of the molecule is CCCC(C=CNP(N)(N)=O)(OCC)OCC. The van der Waals surface area contributed by atoms with Crippen LogP contribution in [0.25, 0.3) is 0 Å². The molecule has 17 heavy (non-hydrogen) atoms. The summed E-state index contributed by atoms with van der Waals surface area (Å²) < 4.78 is 22.3. The largest absolute Gasteiger partial charge is 0.347 e. The Labute approximate surface area is 103 Å². The maximum atomic E-state index is 11.1. The van der Waals surface area contributed by atoms with Gasteiger partial charge in [-0.15, -0.1) is 0 Å². The lowest BCUT2D eigenvalue weighted by Crippen LogP contribution is -2.34. The third-order valence-corrected chi connectivity index (χ3v) is 2.54. The number of rotatable bonds is 9. The molecule has 7 heteroatoms. The van der Waals surface area contributed by atoms with Crippen molar-refractivity contribution in [3.05, 3.63) is 12.3 Å². The van der Waals surface area contributed by atoms with Crippen LogP contribution in [0.1, 0.15) is 33.6 Å². The summed E-state index contributed by atoms with van der Waals surface area (Å²) in [5.41, 5.74) is 10.4. The Morgan fingerprint density at radius 1 is 1.24 bits per heavy atom. The highest BCUT2D eigenvalue weighted by atomic mass is 31.2. The Hall–Kier alpha value is -0.390. The summed E-state index contributed by atoms with van der Waals surface area (Å²) in [6.45, 7) is 6.86. The highest BCUT2D eigenvalue weighted by molar-refractivity contribution is 7.57. The average molecular weight is 265 g/mol. The maximum Gasteiger partial charge on any atom is 0.297 e. The molecule has 0 unspecified atom stereocenters. The second-order valence-electron chi connectivity index (χ2n) is 3.60. The van der Waals surface area contributed by atoms with E-state index in [1.807, 2.05) is 20.8 Å². The van der Waals surface area contributed by atoms with Crippen LogP contribution in [-0.4, -0.2) is 19.0 Å². The molecule has 5 N–H and O–H groups in total. The summed E-state index contributed by atoms with van der Waals surface area (Å²) in [5.74, 6) is -0.805. The third kappa shape index (κ3) is 7.52. The summed E-state index contributed by atoms with van der Waals surface area (Å²) in [6.07, 6.45) is 4.69. The molecular weight excluding hydrogens is 241 g/mol. The van der Waals surface area contributed by atoms with Crippen molar-refractivity contribution >= 4 is 7.59 Å². The van der Waals surface area contributed by atoms with Gasteiger partial charge in [-0.25, -0.2) is 0 Å². The minimum Gasteiger partial charge on any atom is -0.347 e. The molecule has 0 aliphatic heterocycles. The van der Waals surface area contributed by atoms with Gasteiger partial charge in [-0.1, -0.05) is 13.3 Å². The lowest BCUT2D eigenvalue weighted by molar-refractivity contribution is -0.203. The number of hydrogen-bond donors (Lipinski definition) is 3. The average Bonchev–Trinajstić information content (AvgIpc) is 2.16. The number of nitrogens with one attached hydrogen (secondary N) is 1. The number of hydrogen-bond acceptors (Lipinski definition) is 3. The number of ether oxygens (including phenoxy) is 2. The first-order valence-electron chi connectivity index (χ1n) is 5.79. The van der Waals surface area contributed by atoms with Crippen LogP contribution in [0.2, 0.25) is 0 Å². The monoisotopic (exact) mass is 265 g/mol. The van der Waals surface area contributed by atoms with Gasteiger partial charge in [0.2, 0.25) is 0 Å². The van der Waals surface area contributed by atoms with Crippen molar-refractivity contribution in [3.8, 4) is 0 Å². The van der Waals surface area contributed by atoms with Crippen molar-refractivity contribution in [2.24, 2.45) is 11.0 Å². The van der Waals surface area contributed by atoms with E-state index in [1.54, 1.807) is 6.08 Å². The molecule has 0 spiro atoms. The molecule has 0 aromatic rings. The van der Waals surface area contributed by atoms with Crippen molar-refractivity contribution in [1.82, 2.24) is 5.09 Å². The summed E-state index contributed by atoms with van der Waals surface area (Å²) in [6, 6.07) is 0. The minimum absolute atomic E-state index is 0.521. The van der Waals surface area contributed by atoms with Gasteiger partial charge in [-0.2, -0.15) is 0 Å². The van der Waals surface area contributed by atoms with Gasteiger partial charge in [0.25, 0.3) is 7.59 Å². The molecule has 0 bridgehead atoms. The van der Waals surface area contributed by atoms with Crippen molar-refractivity contribution in [3.63, 3.8) is 0 Å². The standard InChI is InChI=1S/C10H24N3O3P/c1-4-7-10(15-5-2,16-6-3)8-9-13-17(11,12)14/h8-9H,4-7H2,1-3H3,(H5,11,12,13,14). The first-order valence-corrected chi connectivity index (χ1v) is 7.64. The summed E-state index contributed by atoms with van der Waals surface area (Å²) in [7, 11) is -3.26. The van der Waals surface area contributed by atoms with E-state index >= 15 is 0 Å². The van der Waals surface area contributed by atoms with Gasteiger partial charge >= 0.3 is 0 Å². The van der Waals surface area contributed by atoms with Crippen LogP contribution in [0.3, 0.4) is 0 Å². The third-order valence-electron chi connectivity index (χ3n) is 1.99. The quantitative estimate of drug-likeness (QED) is 0.433. The predicted molar refractivity (Wildman–Crippen MR) is 69.1 cm³/mol. The Morgan fingerprint density at radius 2 is 1.76 bits per heavy atom. The molecule has 0 amide bonds. The molecule has 0 aromatic heterocycles. The normalized spacial score (nSPS) is 13.2. The molecule has 0 aliphatic carbocycles. The van der Waals surface area contributed by atoms with Crippen molar-refractivity contribution in [1.29, 1.82) is 0 Å². The van der Waals surface area contributed by atoms with Crippen molar-refractivity contribution < 1.29 is 14.0 Å². The fourth-order valence-corrected chi connectivity index (χ4v) is 1.79. The van der Waals surface area contributed by atoms with Crippen LogP contribution >= 0.6 is 7.59 Å². The maximum absolute atomic E-state index is 11.1. The summed E-state index contributed by atoms with van der Waals surface area (Å²) >= 11 is 0. The topological polar surface area (TPSA) is 99.6 Å². The smallest absolute Gasteiger partial charge is 0.297 e. The molecule has 0 heterocycles. The molecule has 6 nitrogen and oxygen atoms in total. The van der Waals surface area contributed by atoms with E-state index in [1.165, 1.54) is 6.20 Å². The van der Waals surface area contributed by atoms with E-state index in [0.717, 1.165) is 6.42 Å². The molecule has 0 saturated carbocycles. The van der Waals surface area contributed by atoms with E-state index in [9.17, 15) is 4.57 Å². The van der Waals surface area contributed by atoms with Gasteiger partial charge in [-0.3, -0.25) is 15.6 Å². The Morgan fingerprint density at radius 3 is 2.12 bits per heavy atom. The van der Waals surface area contributed by atoms with E-state index in [4.69, 9.17) is 20.5 Å². The van der Waals surface area contributed by atoms with Crippen molar-refractivity contribution in [2.45, 2.75) is 39.4 Å². The Balaban J connectivity index is 4.69. The van der Waals surface area contributed by atoms with E-state index in [0.29, 0.717) is 19.6 Å². The Kier molecular flexibility index (Phi) is 7.66. The zero-order valence-corrected chi connectivity index (χ0v) is 11.7. The first-order chi connectivity index (χ1) is 7.89. The second kappa shape index (κ2) is 7.84. The van der Waals surface area contributed by atoms with Gasteiger partial charge in [0.05, 0.1) is 0 Å². The zero-order chi connectivity index (χ0) is 13.4. The van der Waals surface area contributed by atoms with E-state index in [-0.39, 0.29) is 0 Å². The van der Waals surface area contributed by atoms with Crippen LogP contribution in [-0.2, 0) is 14.0 Å². The molecule has 0 aliphatic rings. The van der Waals surface area contributed by atoms with E-state index < -0.39 is 13.4 Å². The fourth-order valence-electron chi connectivity index (χ4n) is 1.48. The van der Waals surface area contributed by atoms with Crippen LogP contribution in [0.4, 0.5) is 0 Å². The molecule has 0 radical (unpaired) electrons. The second-order valence-corrected chi connectivity index (χ2v) is 5.28. The van der Waals surface area contributed by atoms with Gasteiger partial charge in [-0.05, 0) is 19.9 Å². The molecule has 0 fully saturated rings. The highest BCUT2D eigenvalue weighted by Crippen LogP contribution is 2.23. The molecule has 0 aromatic carbocycles.